The Morgan fingerprint density at radius 1 is 1.09 bits per heavy atom. The van der Waals surface area contributed by atoms with Crippen LogP contribution in [0.15, 0.2) is 38.5 Å². The Morgan fingerprint density at radius 3 is 1.95 bits per heavy atom. The second-order valence-corrected chi connectivity index (χ2v) is 7.25. The van der Waals surface area contributed by atoms with Crippen molar-refractivity contribution in [1.29, 1.82) is 0 Å². The van der Waals surface area contributed by atoms with E-state index in [0.29, 0.717) is 22.5 Å². The second-order valence-electron chi connectivity index (χ2n) is 4.76. The van der Waals surface area contributed by atoms with Crippen molar-refractivity contribution < 1.29 is 19.1 Å². The van der Waals surface area contributed by atoms with Gasteiger partial charge in [-0.2, -0.15) is 0 Å². The number of carbonyl (C=O) groups is 2. The number of rotatable bonds is 3. The maximum Gasteiger partial charge on any atom is 0.336 e. The summed E-state index contributed by atoms with van der Waals surface area (Å²) in [5.41, 5.74) is 2.18. The first-order valence-electron chi connectivity index (χ1n) is 6.51. The molecule has 1 aromatic heterocycles. The van der Waals surface area contributed by atoms with E-state index in [9.17, 15) is 9.59 Å². The molecule has 0 bridgehead atoms. The van der Waals surface area contributed by atoms with Gasteiger partial charge in [-0.3, -0.25) is 0 Å². The predicted molar refractivity (Wildman–Crippen MR) is 87.3 cm³/mol. The van der Waals surface area contributed by atoms with Crippen molar-refractivity contribution in [1.82, 2.24) is 5.32 Å². The highest BCUT2D eigenvalue weighted by Crippen LogP contribution is 2.42. The Kier molecular flexibility index (Phi) is 5.08. The lowest BCUT2D eigenvalue weighted by Crippen LogP contribution is -2.31. The maximum atomic E-state index is 12.2. The third-order valence-corrected chi connectivity index (χ3v) is 5.14. The van der Waals surface area contributed by atoms with Crippen molar-refractivity contribution in [2.75, 3.05) is 14.2 Å². The van der Waals surface area contributed by atoms with Gasteiger partial charge < -0.3 is 14.8 Å². The highest BCUT2D eigenvalue weighted by Gasteiger charge is 2.38. The molecule has 22 heavy (non-hydrogen) atoms. The average molecular weight is 386 g/mol. The largest absolute Gasteiger partial charge is 0.466 e. The van der Waals surface area contributed by atoms with E-state index < -0.39 is 17.9 Å². The van der Waals surface area contributed by atoms with E-state index in [0.717, 1.165) is 8.66 Å². The summed E-state index contributed by atoms with van der Waals surface area (Å²) < 4.78 is 10.7. The first-order chi connectivity index (χ1) is 10.4. The van der Waals surface area contributed by atoms with Crippen molar-refractivity contribution >= 4 is 39.2 Å². The smallest absolute Gasteiger partial charge is 0.336 e. The summed E-state index contributed by atoms with van der Waals surface area (Å²) >= 11 is 4.88. The van der Waals surface area contributed by atoms with E-state index in [1.165, 1.54) is 25.6 Å². The van der Waals surface area contributed by atoms with Crippen LogP contribution in [0.1, 0.15) is 24.6 Å². The highest BCUT2D eigenvalue weighted by atomic mass is 79.9. The number of methoxy groups -OCH3 is 2. The van der Waals surface area contributed by atoms with Crippen LogP contribution in [0.4, 0.5) is 0 Å². The lowest BCUT2D eigenvalue weighted by Gasteiger charge is -2.29. The topological polar surface area (TPSA) is 64.6 Å². The van der Waals surface area contributed by atoms with Gasteiger partial charge in [-0.1, -0.05) is 0 Å². The zero-order valence-corrected chi connectivity index (χ0v) is 15.1. The summed E-state index contributed by atoms with van der Waals surface area (Å²) in [5, 5.41) is 3.07. The van der Waals surface area contributed by atoms with Crippen molar-refractivity contribution in [2.24, 2.45) is 0 Å². The van der Waals surface area contributed by atoms with E-state index in [1.807, 2.05) is 12.1 Å². The molecule has 2 heterocycles. The van der Waals surface area contributed by atoms with Gasteiger partial charge in [-0.25, -0.2) is 9.59 Å². The molecule has 5 nitrogen and oxygen atoms in total. The predicted octanol–water partition coefficient (Wildman–Crippen LogP) is 3.09. The molecule has 0 aromatic carbocycles. The minimum absolute atomic E-state index is 0.419. The molecular weight excluding hydrogens is 370 g/mol. The number of esters is 2. The highest BCUT2D eigenvalue weighted by molar-refractivity contribution is 9.11. The van der Waals surface area contributed by atoms with Crippen molar-refractivity contribution in [3.63, 3.8) is 0 Å². The van der Waals surface area contributed by atoms with Crippen molar-refractivity contribution in [3.8, 4) is 0 Å². The number of ether oxygens (including phenoxy) is 2. The van der Waals surface area contributed by atoms with Crippen LogP contribution in [0.25, 0.3) is 0 Å². The van der Waals surface area contributed by atoms with Crippen molar-refractivity contribution in [3.05, 3.63) is 43.3 Å². The van der Waals surface area contributed by atoms with Gasteiger partial charge >= 0.3 is 11.9 Å². The monoisotopic (exact) mass is 385 g/mol. The molecule has 0 saturated heterocycles. The van der Waals surface area contributed by atoms with Crippen LogP contribution in [0, 0.1) is 0 Å². The molecule has 1 aromatic rings. The fraction of sp³-hybridized carbons (Fsp3) is 0.333. The molecule has 0 unspecified atom stereocenters. The molecular formula is C15H16BrNO4S. The lowest BCUT2D eigenvalue weighted by molar-refractivity contribution is -0.137. The van der Waals surface area contributed by atoms with Gasteiger partial charge in [0.15, 0.2) is 0 Å². The van der Waals surface area contributed by atoms with Gasteiger partial charge in [0, 0.05) is 16.3 Å². The van der Waals surface area contributed by atoms with Gasteiger partial charge in [-0.05, 0) is 41.9 Å². The lowest BCUT2D eigenvalue weighted by atomic mass is 9.84. The molecule has 0 fully saturated rings. The van der Waals surface area contributed by atoms with E-state index >= 15 is 0 Å². The van der Waals surface area contributed by atoms with E-state index in [4.69, 9.17) is 9.47 Å². The number of halogens is 1. The third kappa shape index (κ3) is 2.96. The Bertz CT molecular complexity index is 651. The number of hydrogen-bond acceptors (Lipinski definition) is 6. The number of nitrogens with one attached hydrogen (secondary N) is 1. The number of carbonyl (C=O) groups excluding carboxylic acids is 2. The molecule has 2 rings (SSSR count). The number of thiophene rings is 1. The van der Waals surface area contributed by atoms with Gasteiger partial charge in [0.05, 0.1) is 35.1 Å². The van der Waals surface area contributed by atoms with Crippen LogP contribution >= 0.6 is 27.3 Å². The van der Waals surface area contributed by atoms with Crippen LogP contribution < -0.4 is 5.32 Å². The van der Waals surface area contributed by atoms with Crippen LogP contribution in [-0.2, 0) is 19.1 Å². The zero-order valence-electron chi connectivity index (χ0n) is 12.7. The summed E-state index contributed by atoms with van der Waals surface area (Å²) in [6.07, 6.45) is 0. The standard InChI is InChI=1S/C15H16BrNO4S/c1-7-11(14(18)20-3)13(9-5-6-10(16)22-9)12(8(2)17-7)15(19)21-4/h5-6,13,17H,1-4H3. The minimum atomic E-state index is -0.502. The molecule has 7 heteroatoms. The normalized spacial score (nSPS) is 15.7. The molecule has 1 N–H and O–H groups in total. The molecule has 0 spiro atoms. The Labute approximate surface area is 141 Å². The molecule has 0 radical (unpaired) electrons. The quantitative estimate of drug-likeness (QED) is 0.809. The molecule has 0 aliphatic carbocycles. The molecule has 118 valence electrons. The summed E-state index contributed by atoms with van der Waals surface area (Å²) in [6.45, 7) is 3.58. The molecule has 1 aliphatic heterocycles. The van der Waals surface area contributed by atoms with Crippen LogP contribution in [-0.4, -0.2) is 26.2 Å². The van der Waals surface area contributed by atoms with Crippen LogP contribution in [0.3, 0.4) is 0 Å². The van der Waals surface area contributed by atoms with Crippen LogP contribution in [0.5, 0.6) is 0 Å². The third-order valence-electron chi connectivity index (χ3n) is 3.45. The van der Waals surface area contributed by atoms with Gasteiger partial charge in [0.25, 0.3) is 0 Å². The van der Waals surface area contributed by atoms with E-state index in [2.05, 4.69) is 21.2 Å². The summed E-state index contributed by atoms with van der Waals surface area (Å²) in [7, 11) is 2.65. The molecule has 0 saturated carbocycles. The summed E-state index contributed by atoms with van der Waals surface area (Å²) in [6, 6.07) is 3.77. The van der Waals surface area contributed by atoms with Crippen molar-refractivity contribution in [2.45, 2.75) is 19.8 Å². The summed E-state index contributed by atoms with van der Waals surface area (Å²) in [4.78, 5) is 25.3. The fourth-order valence-electron chi connectivity index (χ4n) is 2.52. The fourth-order valence-corrected chi connectivity index (χ4v) is 4.07. The SMILES string of the molecule is COC(=O)C1=C(C)NC(C)=C(C(=O)OC)C1c1ccc(Br)s1. The van der Waals surface area contributed by atoms with Gasteiger partial charge in [0.2, 0.25) is 0 Å². The molecule has 0 atom stereocenters. The number of hydrogen-bond donors (Lipinski definition) is 1. The minimum Gasteiger partial charge on any atom is -0.466 e. The Hall–Kier alpha value is -1.60. The first kappa shape index (κ1) is 16.8. The van der Waals surface area contributed by atoms with Gasteiger partial charge in [-0.15, -0.1) is 11.3 Å². The molecule has 0 amide bonds. The van der Waals surface area contributed by atoms with E-state index in [1.54, 1.807) is 13.8 Å². The van der Waals surface area contributed by atoms with E-state index in [-0.39, 0.29) is 0 Å². The second kappa shape index (κ2) is 6.66. The Morgan fingerprint density at radius 2 is 1.59 bits per heavy atom. The maximum absolute atomic E-state index is 12.2. The van der Waals surface area contributed by atoms with Gasteiger partial charge in [0.1, 0.15) is 0 Å². The van der Waals surface area contributed by atoms with Crippen LogP contribution in [0.2, 0.25) is 0 Å². The zero-order chi connectivity index (χ0) is 16.4. The number of allylic oxidation sites excluding steroid dienone is 2. The Balaban J connectivity index is 2.65. The molecule has 1 aliphatic rings. The average Bonchev–Trinajstić information content (AvgIpc) is 2.91. The number of dihydropyridines is 1. The summed E-state index contributed by atoms with van der Waals surface area (Å²) in [5.74, 6) is -1.43. The first-order valence-corrected chi connectivity index (χ1v) is 8.12.